The van der Waals surface area contributed by atoms with E-state index in [4.69, 9.17) is 4.98 Å². The van der Waals surface area contributed by atoms with Gasteiger partial charge in [0.15, 0.2) is 10.8 Å². The maximum Gasteiger partial charge on any atom is 0.169 e. The third kappa shape index (κ3) is 2.59. The molecule has 0 saturated heterocycles. The van der Waals surface area contributed by atoms with Gasteiger partial charge in [-0.2, -0.15) is 0 Å². The third-order valence-electron chi connectivity index (χ3n) is 4.34. The Labute approximate surface area is 137 Å². The summed E-state index contributed by atoms with van der Waals surface area (Å²) in [6.45, 7) is 0. The molecule has 4 rings (SSSR count). The van der Waals surface area contributed by atoms with E-state index in [-0.39, 0.29) is 6.04 Å². The predicted molar refractivity (Wildman–Crippen MR) is 89.1 cm³/mol. The fourth-order valence-corrected chi connectivity index (χ4v) is 3.93. The minimum absolute atomic E-state index is 0.147. The minimum Gasteiger partial charge on any atom is -0.390 e. The van der Waals surface area contributed by atoms with Gasteiger partial charge in [-0.3, -0.25) is 0 Å². The van der Waals surface area contributed by atoms with Gasteiger partial charge in [-0.25, -0.2) is 9.97 Å². The van der Waals surface area contributed by atoms with Crippen molar-refractivity contribution >= 4 is 11.3 Å². The Balaban J connectivity index is 1.68. The SMILES string of the molecule is O[C@@H]1[C@H](O)CC[C@H]1n1ccnc1-c1nc(-c2ccccc2)cs1. The van der Waals surface area contributed by atoms with Crippen molar-refractivity contribution in [3.63, 3.8) is 0 Å². The molecule has 0 aliphatic heterocycles. The lowest BCUT2D eigenvalue weighted by Gasteiger charge is -2.19. The molecule has 23 heavy (non-hydrogen) atoms. The standard InChI is InChI=1S/C17H17N3O2S/c21-14-7-6-13(15(14)22)20-9-8-18-16(20)17-19-12(10-23-17)11-4-2-1-3-5-11/h1-5,8-10,13-15,21-22H,6-7H2/t13-,14-,15+/m1/s1. The summed E-state index contributed by atoms with van der Waals surface area (Å²) >= 11 is 1.54. The van der Waals surface area contributed by atoms with Gasteiger partial charge in [0.25, 0.3) is 0 Å². The maximum absolute atomic E-state index is 10.2. The molecule has 1 aliphatic rings. The third-order valence-corrected chi connectivity index (χ3v) is 5.18. The molecule has 1 saturated carbocycles. The normalized spacial score (nSPS) is 24.2. The lowest BCUT2D eigenvalue weighted by molar-refractivity contribution is 0.0238. The number of thiazole rings is 1. The van der Waals surface area contributed by atoms with Gasteiger partial charge in [0.2, 0.25) is 0 Å². The summed E-state index contributed by atoms with van der Waals surface area (Å²) in [5.41, 5.74) is 2.00. The molecule has 5 nitrogen and oxygen atoms in total. The molecule has 2 N–H and O–H groups in total. The molecule has 0 unspecified atom stereocenters. The van der Waals surface area contributed by atoms with Crippen LogP contribution in [0.15, 0.2) is 48.1 Å². The Kier molecular flexibility index (Phi) is 3.72. The molecule has 0 bridgehead atoms. The first kappa shape index (κ1) is 14.6. The van der Waals surface area contributed by atoms with Crippen LogP contribution in [0.3, 0.4) is 0 Å². The fraction of sp³-hybridized carbons (Fsp3) is 0.294. The highest BCUT2D eigenvalue weighted by molar-refractivity contribution is 7.13. The summed E-state index contributed by atoms with van der Waals surface area (Å²) in [6.07, 6.45) is 3.50. The molecule has 118 valence electrons. The van der Waals surface area contributed by atoms with Gasteiger partial charge in [0, 0.05) is 23.3 Å². The van der Waals surface area contributed by atoms with Crippen molar-refractivity contribution in [3.05, 3.63) is 48.1 Å². The Morgan fingerprint density at radius 1 is 1.13 bits per heavy atom. The number of imidazole rings is 1. The van der Waals surface area contributed by atoms with E-state index in [1.807, 2.05) is 46.5 Å². The van der Waals surface area contributed by atoms with E-state index >= 15 is 0 Å². The Morgan fingerprint density at radius 3 is 2.70 bits per heavy atom. The predicted octanol–water partition coefficient (Wildman–Crippen LogP) is 2.73. The summed E-state index contributed by atoms with van der Waals surface area (Å²) in [5.74, 6) is 0.746. The van der Waals surface area contributed by atoms with Gasteiger partial charge in [-0.15, -0.1) is 11.3 Å². The van der Waals surface area contributed by atoms with Crippen molar-refractivity contribution in [1.29, 1.82) is 0 Å². The highest BCUT2D eigenvalue weighted by Gasteiger charge is 2.35. The van der Waals surface area contributed by atoms with E-state index < -0.39 is 12.2 Å². The van der Waals surface area contributed by atoms with E-state index in [0.29, 0.717) is 6.42 Å². The number of aromatic nitrogens is 3. The molecule has 2 heterocycles. The van der Waals surface area contributed by atoms with Crippen molar-refractivity contribution in [1.82, 2.24) is 14.5 Å². The largest absolute Gasteiger partial charge is 0.390 e. The lowest BCUT2D eigenvalue weighted by atomic mass is 10.2. The Hall–Kier alpha value is -2.02. The molecule has 3 atom stereocenters. The number of aliphatic hydroxyl groups excluding tert-OH is 2. The molecule has 3 aromatic rings. The summed E-state index contributed by atoms with van der Waals surface area (Å²) in [4.78, 5) is 9.11. The van der Waals surface area contributed by atoms with Crippen molar-refractivity contribution < 1.29 is 10.2 Å². The first-order valence-corrected chi connectivity index (χ1v) is 8.52. The van der Waals surface area contributed by atoms with Gasteiger partial charge >= 0.3 is 0 Å². The Bertz CT molecular complexity index is 799. The summed E-state index contributed by atoms with van der Waals surface area (Å²) in [7, 11) is 0. The second kappa shape index (κ2) is 5.88. The molecule has 1 aromatic carbocycles. The smallest absolute Gasteiger partial charge is 0.169 e. The van der Waals surface area contributed by atoms with Gasteiger partial charge in [0.05, 0.1) is 17.8 Å². The molecule has 0 spiro atoms. The first-order chi connectivity index (χ1) is 11.2. The van der Waals surface area contributed by atoms with Crippen LogP contribution in [0.2, 0.25) is 0 Å². The first-order valence-electron chi connectivity index (χ1n) is 7.64. The highest BCUT2D eigenvalue weighted by atomic mass is 32.1. The number of aliphatic hydroxyl groups is 2. The number of nitrogens with zero attached hydrogens (tertiary/aromatic N) is 3. The van der Waals surface area contributed by atoms with E-state index in [2.05, 4.69) is 4.98 Å². The van der Waals surface area contributed by atoms with Gasteiger partial charge in [0.1, 0.15) is 6.10 Å². The average molecular weight is 327 g/mol. The molecule has 0 amide bonds. The molecule has 6 heteroatoms. The van der Waals surface area contributed by atoms with Crippen molar-refractivity contribution in [2.75, 3.05) is 0 Å². The van der Waals surface area contributed by atoms with E-state index in [0.717, 1.165) is 28.5 Å². The Morgan fingerprint density at radius 2 is 1.96 bits per heavy atom. The van der Waals surface area contributed by atoms with Crippen LogP contribution in [-0.2, 0) is 0 Å². The van der Waals surface area contributed by atoms with Gasteiger partial charge in [-0.05, 0) is 12.8 Å². The monoisotopic (exact) mass is 327 g/mol. The van der Waals surface area contributed by atoms with Crippen molar-refractivity contribution in [2.24, 2.45) is 0 Å². The number of benzene rings is 1. The maximum atomic E-state index is 10.2. The summed E-state index contributed by atoms with van der Waals surface area (Å²) < 4.78 is 1.94. The zero-order valence-electron chi connectivity index (χ0n) is 12.4. The molecule has 2 aromatic heterocycles. The lowest BCUT2D eigenvalue weighted by Crippen LogP contribution is -2.27. The van der Waals surface area contributed by atoms with E-state index in [9.17, 15) is 10.2 Å². The zero-order valence-corrected chi connectivity index (χ0v) is 13.2. The van der Waals surface area contributed by atoms with Crippen molar-refractivity contribution in [2.45, 2.75) is 31.1 Å². The topological polar surface area (TPSA) is 71.2 Å². The summed E-state index contributed by atoms with van der Waals surface area (Å²) in [6, 6.07) is 9.88. The van der Waals surface area contributed by atoms with Crippen LogP contribution in [0.4, 0.5) is 0 Å². The average Bonchev–Trinajstić information content (AvgIpc) is 3.29. The highest BCUT2D eigenvalue weighted by Crippen LogP contribution is 2.35. The van der Waals surface area contributed by atoms with Crippen LogP contribution >= 0.6 is 11.3 Å². The van der Waals surface area contributed by atoms with Crippen LogP contribution in [0.5, 0.6) is 0 Å². The molecule has 1 aliphatic carbocycles. The fourth-order valence-electron chi connectivity index (χ4n) is 3.11. The van der Waals surface area contributed by atoms with E-state index in [1.54, 1.807) is 6.20 Å². The van der Waals surface area contributed by atoms with Crippen LogP contribution in [-0.4, -0.2) is 37.0 Å². The number of rotatable bonds is 3. The second-order valence-electron chi connectivity index (χ2n) is 5.76. The van der Waals surface area contributed by atoms with Gasteiger partial charge < -0.3 is 14.8 Å². The number of hydrogen-bond acceptors (Lipinski definition) is 5. The quantitative estimate of drug-likeness (QED) is 0.776. The van der Waals surface area contributed by atoms with Crippen molar-refractivity contribution in [3.8, 4) is 22.1 Å². The molecule has 1 fully saturated rings. The molecule has 0 radical (unpaired) electrons. The zero-order chi connectivity index (χ0) is 15.8. The summed E-state index contributed by atoms with van der Waals surface area (Å²) in [5, 5.41) is 22.8. The van der Waals surface area contributed by atoms with E-state index in [1.165, 1.54) is 11.3 Å². The van der Waals surface area contributed by atoms with Crippen LogP contribution in [0.1, 0.15) is 18.9 Å². The van der Waals surface area contributed by atoms with Crippen LogP contribution in [0, 0.1) is 0 Å². The number of hydrogen-bond donors (Lipinski definition) is 2. The van der Waals surface area contributed by atoms with Gasteiger partial charge in [-0.1, -0.05) is 30.3 Å². The van der Waals surface area contributed by atoms with Crippen LogP contribution in [0.25, 0.3) is 22.1 Å². The molecular formula is C17H17N3O2S. The second-order valence-corrected chi connectivity index (χ2v) is 6.62. The minimum atomic E-state index is -0.753. The van der Waals surface area contributed by atoms with Crippen LogP contribution < -0.4 is 0 Å². The molecular weight excluding hydrogens is 310 g/mol.